The van der Waals surface area contributed by atoms with Crippen LogP contribution in [0.15, 0.2) is 24.3 Å². The van der Waals surface area contributed by atoms with Gasteiger partial charge in [0.1, 0.15) is 0 Å². The van der Waals surface area contributed by atoms with E-state index in [2.05, 4.69) is 27.8 Å². The lowest BCUT2D eigenvalue weighted by Gasteiger charge is -2.16. The van der Waals surface area contributed by atoms with Gasteiger partial charge < -0.3 is 0 Å². The largest absolute Gasteiger partial charge is 0.270 e. The van der Waals surface area contributed by atoms with Crippen LogP contribution >= 0.6 is 15.9 Å². The Balaban J connectivity index is 2.26. The molecule has 1 aromatic rings. The quantitative estimate of drug-likeness (QED) is 0.617. The van der Waals surface area contributed by atoms with Crippen LogP contribution in [-0.4, -0.2) is 26.0 Å². The summed E-state index contributed by atoms with van der Waals surface area (Å²) in [6, 6.07) is 7.40. The van der Waals surface area contributed by atoms with Crippen LogP contribution in [0.3, 0.4) is 0 Å². The molecule has 0 aliphatic carbocycles. The first-order chi connectivity index (χ1) is 8.63. The van der Waals surface area contributed by atoms with E-state index in [1.807, 2.05) is 24.3 Å². The highest BCUT2D eigenvalue weighted by atomic mass is 79.9. The van der Waals surface area contributed by atoms with E-state index < -0.39 is 10.0 Å². The monoisotopic (exact) mass is 327 g/mol. The molecule has 1 heterocycles. The van der Waals surface area contributed by atoms with Gasteiger partial charge in [-0.1, -0.05) is 33.8 Å². The third-order valence-corrected chi connectivity index (χ3v) is 4.95. The van der Waals surface area contributed by atoms with Crippen molar-refractivity contribution >= 4 is 31.6 Å². The lowest BCUT2D eigenvalue weighted by Crippen LogP contribution is -2.24. The van der Waals surface area contributed by atoms with E-state index >= 15 is 0 Å². The molecule has 1 saturated heterocycles. The molecule has 0 aromatic heterocycles. The highest BCUT2D eigenvalue weighted by molar-refractivity contribution is 9.09. The molecular weight excluding hydrogens is 314 g/mol. The molecule has 0 bridgehead atoms. The maximum absolute atomic E-state index is 11.8. The molecule has 0 saturated carbocycles. The minimum atomic E-state index is -3.10. The van der Waals surface area contributed by atoms with Gasteiger partial charge in [0.15, 0.2) is 0 Å². The normalized spacial score (nSPS) is 17.3. The Morgan fingerprint density at radius 3 is 2.89 bits per heavy atom. The lowest BCUT2D eigenvalue weighted by atomic mass is 10.2. The zero-order chi connectivity index (χ0) is 13.0. The molecule has 2 rings (SSSR count). The third-order valence-electron chi connectivity index (χ3n) is 2.69. The third kappa shape index (κ3) is 3.06. The maximum atomic E-state index is 11.8. The van der Waals surface area contributed by atoms with Crippen LogP contribution in [0.1, 0.15) is 18.4 Å². The molecule has 0 unspecified atom stereocenters. The molecule has 1 aliphatic rings. The first-order valence-corrected chi connectivity index (χ1v) is 8.52. The number of alkyl halides is 1. The van der Waals surface area contributed by atoms with Crippen LogP contribution in [0.4, 0.5) is 5.69 Å². The first kappa shape index (κ1) is 13.4. The van der Waals surface area contributed by atoms with Gasteiger partial charge in [-0.05, 0) is 24.6 Å². The number of hydrogen-bond donors (Lipinski definition) is 0. The summed E-state index contributed by atoms with van der Waals surface area (Å²) in [4.78, 5) is 0. The first-order valence-electron chi connectivity index (χ1n) is 5.79. The predicted octanol–water partition coefficient (Wildman–Crippen LogP) is 2.36. The van der Waals surface area contributed by atoms with Crippen molar-refractivity contribution in [3.63, 3.8) is 0 Å². The van der Waals surface area contributed by atoms with E-state index in [1.54, 1.807) is 0 Å². The summed E-state index contributed by atoms with van der Waals surface area (Å²) in [6.07, 6.45) is 1.48. The average molecular weight is 328 g/mol. The standard InChI is InChI=1S/C13H14BrNO2S/c14-8-2-1-5-12-6-3-7-13(11-12)15-9-4-10-18(15,16)17/h3,6-7,11H,2,4,8-10H2. The van der Waals surface area contributed by atoms with Crippen molar-refractivity contribution in [1.29, 1.82) is 0 Å². The summed E-state index contributed by atoms with van der Waals surface area (Å²) in [5.74, 6) is 6.30. The molecule has 1 fully saturated rings. The van der Waals surface area contributed by atoms with Crippen molar-refractivity contribution in [2.75, 3.05) is 21.9 Å². The second-order valence-electron chi connectivity index (χ2n) is 4.03. The van der Waals surface area contributed by atoms with E-state index in [0.29, 0.717) is 13.0 Å². The Morgan fingerprint density at radius 2 is 2.22 bits per heavy atom. The number of sulfonamides is 1. The van der Waals surface area contributed by atoms with E-state index in [9.17, 15) is 8.42 Å². The van der Waals surface area contributed by atoms with Crippen molar-refractivity contribution in [2.45, 2.75) is 12.8 Å². The summed E-state index contributed by atoms with van der Waals surface area (Å²) in [6.45, 7) is 0.570. The second kappa shape index (κ2) is 5.77. The zero-order valence-corrected chi connectivity index (χ0v) is 12.3. The molecule has 0 amide bonds. The predicted molar refractivity (Wildman–Crippen MR) is 77.5 cm³/mol. The fraction of sp³-hybridized carbons (Fsp3) is 0.385. The minimum absolute atomic E-state index is 0.243. The highest BCUT2D eigenvalue weighted by Gasteiger charge is 2.28. The number of hydrogen-bond acceptors (Lipinski definition) is 2. The van der Waals surface area contributed by atoms with Gasteiger partial charge in [-0.25, -0.2) is 8.42 Å². The Morgan fingerprint density at radius 1 is 1.39 bits per heavy atom. The smallest absolute Gasteiger partial charge is 0.235 e. The SMILES string of the molecule is O=S1(=O)CCCN1c1cccc(C#CCCBr)c1. The maximum Gasteiger partial charge on any atom is 0.235 e. The van der Waals surface area contributed by atoms with Gasteiger partial charge in [-0.3, -0.25) is 4.31 Å². The Bertz CT molecular complexity index is 586. The summed E-state index contributed by atoms with van der Waals surface area (Å²) in [5, 5.41) is 0.847. The molecule has 0 N–H and O–H groups in total. The van der Waals surface area contributed by atoms with Gasteiger partial charge in [0, 0.05) is 23.9 Å². The Hall–Kier alpha value is -0.990. The molecule has 0 spiro atoms. The molecule has 5 heteroatoms. The van der Waals surface area contributed by atoms with E-state index in [-0.39, 0.29) is 5.75 Å². The molecule has 18 heavy (non-hydrogen) atoms. The van der Waals surface area contributed by atoms with Crippen LogP contribution in [0, 0.1) is 11.8 Å². The van der Waals surface area contributed by atoms with Crippen LogP contribution in [-0.2, 0) is 10.0 Å². The highest BCUT2D eigenvalue weighted by Crippen LogP contribution is 2.24. The molecule has 96 valence electrons. The van der Waals surface area contributed by atoms with Gasteiger partial charge >= 0.3 is 0 Å². The minimum Gasteiger partial charge on any atom is -0.270 e. The topological polar surface area (TPSA) is 37.4 Å². The lowest BCUT2D eigenvalue weighted by molar-refractivity contribution is 0.599. The number of anilines is 1. The van der Waals surface area contributed by atoms with Gasteiger partial charge in [0.2, 0.25) is 10.0 Å². The van der Waals surface area contributed by atoms with Crippen LogP contribution in [0.5, 0.6) is 0 Å². The molecule has 0 radical (unpaired) electrons. The van der Waals surface area contributed by atoms with Crippen molar-refractivity contribution in [1.82, 2.24) is 0 Å². The van der Waals surface area contributed by atoms with Crippen molar-refractivity contribution in [3.8, 4) is 11.8 Å². The second-order valence-corrected chi connectivity index (χ2v) is 6.84. The molecule has 0 atom stereocenters. The van der Waals surface area contributed by atoms with Crippen LogP contribution < -0.4 is 4.31 Å². The van der Waals surface area contributed by atoms with Crippen molar-refractivity contribution < 1.29 is 8.42 Å². The Labute approximate surface area is 116 Å². The zero-order valence-electron chi connectivity index (χ0n) is 9.89. The Kier molecular flexibility index (Phi) is 4.31. The van der Waals surface area contributed by atoms with Gasteiger partial charge in [-0.15, -0.1) is 0 Å². The summed E-state index contributed by atoms with van der Waals surface area (Å²) < 4.78 is 25.1. The van der Waals surface area contributed by atoms with Crippen LogP contribution in [0.2, 0.25) is 0 Å². The molecule has 1 aromatic carbocycles. The summed E-state index contributed by atoms with van der Waals surface area (Å²) in [5.41, 5.74) is 1.58. The summed E-state index contributed by atoms with van der Waals surface area (Å²) in [7, 11) is -3.10. The van der Waals surface area contributed by atoms with E-state index in [4.69, 9.17) is 0 Å². The number of halogens is 1. The van der Waals surface area contributed by atoms with E-state index in [0.717, 1.165) is 23.0 Å². The van der Waals surface area contributed by atoms with Gasteiger partial charge in [0.05, 0.1) is 11.4 Å². The summed E-state index contributed by atoms with van der Waals surface area (Å²) >= 11 is 3.32. The number of nitrogens with zero attached hydrogens (tertiary/aromatic N) is 1. The average Bonchev–Trinajstić information content (AvgIpc) is 2.70. The van der Waals surface area contributed by atoms with Crippen molar-refractivity contribution in [3.05, 3.63) is 29.8 Å². The van der Waals surface area contributed by atoms with Crippen LogP contribution in [0.25, 0.3) is 0 Å². The number of benzene rings is 1. The molecule has 1 aliphatic heterocycles. The molecular formula is C13H14BrNO2S. The fourth-order valence-corrected chi connectivity index (χ4v) is 3.63. The fourth-order valence-electron chi connectivity index (χ4n) is 1.88. The number of rotatable bonds is 2. The van der Waals surface area contributed by atoms with Gasteiger partial charge in [-0.2, -0.15) is 0 Å². The van der Waals surface area contributed by atoms with Gasteiger partial charge in [0.25, 0.3) is 0 Å². The van der Waals surface area contributed by atoms with E-state index in [1.165, 1.54) is 4.31 Å². The van der Waals surface area contributed by atoms with Crippen molar-refractivity contribution in [2.24, 2.45) is 0 Å². The molecule has 3 nitrogen and oxygen atoms in total.